The summed E-state index contributed by atoms with van der Waals surface area (Å²) in [6, 6.07) is 6.71. The Kier molecular flexibility index (Phi) is 2.89. The van der Waals surface area contributed by atoms with E-state index >= 15 is 0 Å². The molecule has 1 aliphatic carbocycles. The predicted octanol–water partition coefficient (Wildman–Crippen LogP) is 2.25. The molecule has 0 saturated carbocycles. The average Bonchev–Trinajstić information content (AvgIpc) is 2.18. The summed E-state index contributed by atoms with van der Waals surface area (Å²) in [5.41, 5.74) is 8.90. The maximum Gasteiger partial charge on any atom is 0.123 e. The third-order valence-corrected chi connectivity index (χ3v) is 3.36. The van der Waals surface area contributed by atoms with Crippen LogP contribution in [0.25, 0.3) is 0 Å². The molecule has 1 aromatic carbocycles. The second-order valence-corrected chi connectivity index (χ2v) is 4.36. The predicted molar refractivity (Wildman–Crippen MR) is 62.8 cm³/mol. The van der Waals surface area contributed by atoms with Gasteiger partial charge in [0.2, 0.25) is 0 Å². The fourth-order valence-electron chi connectivity index (χ4n) is 2.78. The van der Waals surface area contributed by atoms with Gasteiger partial charge in [-0.05, 0) is 36.8 Å². The smallest absolute Gasteiger partial charge is 0.123 e. The Balaban J connectivity index is 0.000000853. The van der Waals surface area contributed by atoms with Gasteiger partial charge in [-0.25, -0.2) is 0 Å². The summed E-state index contributed by atoms with van der Waals surface area (Å²) in [6.07, 6.45) is 3.29. The van der Waals surface area contributed by atoms with E-state index in [-0.39, 0.29) is 12.4 Å². The number of benzene rings is 1. The molecule has 0 bridgehead atoms. The lowest BCUT2D eigenvalue weighted by Gasteiger charge is -2.34. The summed E-state index contributed by atoms with van der Waals surface area (Å²) in [4.78, 5) is 0. The van der Waals surface area contributed by atoms with Crippen molar-refractivity contribution in [2.24, 2.45) is 5.73 Å². The highest BCUT2D eigenvalue weighted by Gasteiger charge is 2.30. The van der Waals surface area contributed by atoms with Crippen LogP contribution in [0.2, 0.25) is 0 Å². The van der Waals surface area contributed by atoms with E-state index in [9.17, 15) is 0 Å². The molecule has 2 N–H and O–H groups in total. The molecule has 82 valence electrons. The van der Waals surface area contributed by atoms with Crippen molar-refractivity contribution in [3.8, 4) is 5.75 Å². The monoisotopic (exact) mass is 225 g/mol. The highest BCUT2D eigenvalue weighted by atomic mass is 35.5. The Morgan fingerprint density at radius 1 is 1.33 bits per heavy atom. The number of ether oxygens (including phenoxy) is 1. The number of nitrogens with two attached hydrogens (primary N) is 1. The number of rotatable bonds is 0. The molecule has 3 heteroatoms. The Morgan fingerprint density at radius 2 is 2.20 bits per heavy atom. The van der Waals surface area contributed by atoms with Crippen LogP contribution >= 0.6 is 12.4 Å². The lowest BCUT2D eigenvalue weighted by molar-refractivity contribution is 0.251. The molecule has 1 aromatic rings. The summed E-state index contributed by atoms with van der Waals surface area (Å²) in [7, 11) is 0. The van der Waals surface area contributed by atoms with Gasteiger partial charge in [0.05, 0.1) is 6.61 Å². The van der Waals surface area contributed by atoms with Crippen molar-refractivity contribution in [2.75, 3.05) is 6.61 Å². The van der Waals surface area contributed by atoms with Crippen LogP contribution in [-0.2, 0) is 6.42 Å². The second-order valence-electron chi connectivity index (χ2n) is 4.36. The Labute approximate surface area is 96.2 Å². The molecular weight excluding hydrogens is 210 g/mol. The minimum Gasteiger partial charge on any atom is -0.493 e. The maximum atomic E-state index is 6.05. The third kappa shape index (κ3) is 1.72. The number of halogens is 1. The van der Waals surface area contributed by atoms with Gasteiger partial charge >= 0.3 is 0 Å². The van der Waals surface area contributed by atoms with Crippen molar-refractivity contribution in [1.82, 2.24) is 0 Å². The number of hydrogen-bond donors (Lipinski definition) is 1. The summed E-state index contributed by atoms with van der Waals surface area (Å²) < 4.78 is 5.66. The van der Waals surface area contributed by atoms with Gasteiger partial charge in [-0.15, -0.1) is 12.4 Å². The Bertz CT molecular complexity index is 367. The molecular formula is C12H16ClNO. The molecule has 2 nitrogen and oxygen atoms in total. The molecule has 2 atom stereocenters. The quantitative estimate of drug-likeness (QED) is 0.735. The van der Waals surface area contributed by atoms with Gasteiger partial charge in [0.25, 0.3) is 0 Å². The molecule has 15 heavy (non-hydrogen) atoms. The van der Waals surface area contributed by atoms with Gasteiger partial charge in [-0.3, -0.25) is 0 Å². The highest BCUT2D eigenvalue weighted by molar-refractivity contribution is 5.85. The van der Waals surface area contributed by atoms with Crippen molar-refractivity contribution in [3.63, 3.8) is 0 Å². The van der Waals surface area contributed by atoms with Crippen LogP contribution in [-0.4, -0.2) is 12.6 Å². The van der Waals surface area contributed by atoms with Crippen LogP contribution < -0.4 is 10.5 Å². The fourth-order valence-corrected chi connectivity index (χ4v) is 2.78. The van der Waals surface area contributed by atoms with E-state index in [1.54, 1.807) is 0 Å². The van der Waals surface area contributed by atoms with Crippen LogP contribution in [0.15, 0.2) is 18.2 Å². The first kappa shape index (κ1) is 10.8. The molecule has 1 aliphatic heterocycles. The van der Waals surface area contributed by atoms with E-state index < -0.39 is 0 Å². The van der Waals surface area contributed by atoms with E-state index in [0.717, 1.165) is 31.6 Å². The van der Waals surface area contributed by atoms with E-state index in [1.165, 1.54) is 11.1 Å². The van der Waals surface area contributed by atoms with E-state index in [0.29, 0.717) is 12.0 Å². The lowest BCUT2D eigenvalue weighted by Crippen LogP contribution is -2.33. The van der Waals surface area contributed by atoms with Gasteiger partial charge in [0.1, 0.15) is 5.75 Å². The van der Waals surface area contributed by atoms with Crippen LogP contribution in [0.3, 0.4) is 0 Å². The first-order chi connectivity index (χ1) is 6.84. The molecule has 1 heterocycles. The summed E-state index contributed by atoms with van der Waals surface area (Å²) in [5, 5.41) is 0. The van der Waals surface area contributed by atoms with Crippen molar-refractivity contribution in [3.05, 3.63) is 29.3 Å². The first-order valence-electron chi connectivity index (χ1n) is 5.35. The molecule has 0 amide bonds. The molecule has 0 aromatic heterocycles. The Morgan fingerprint density at radius 3 is 3.07 bits per heavy atom. The highest BCUT2D eigenvalue weighted by Crippen LogP contribution is 2.42. The van der Waals surface area contributed by atoms with Crippen LogP contribution in [0.5, 0.6) is 5.75 Å². The summed E-state index contributed by atoms with van der Waals surface area (Å²) in [5.74, 6) is 1.75. The van der Waals surface area contributed by atoms with Gasteiger partial charge in [0.15, 0.2) is 0 Å². The largest absolute Gasteiger partial charge is 0.493 e. The van der Waals surface area contributed by atoms with Gasteiger partial charge in [-0.2, -0.15) is 0 Å². The van der Waals surface area contributed by atoms with Crippen molar-refractivity contribution < 1.29 is 4.74 Å². The summed E-state index contributed by atoms with van der Waals surface area (Å²) >= 11 is 0. The molecule has 2 unspecified atom stereocenters. The van der Waals surface area contributed by atoms with Crippen molar-refractivity contribution in [2.45, 2.75) is 31.2 Å². The zero-order valence-electron chi connectivity index (χ0n) is 8.61. The zero-order valence-corrected chi connectivity index (χ0v) is 9.43. The van der Waals surface area contributed by atoms with Crippen molar-refractivity contribution in [1.29, 1.82) is 0 Å². The summed E-state index contributed by atoms with van der Waals surface area (Å²) in [6.45, 7) is 0.855. The molecule has 0 fully saturated rings. The van der Waals surface area contributed by atoms with E-state index in [2.05, 4.69) is 18.2 Å². The van der Waals surface area contributed by atoms with Crippen LogP contribution in [0.1, 0.15) is 29.9 Å². The molecule has 0 saturated heterocycles. The standard InChI is InChI=1S/C12H15NO.ClH/c13-10-6-8-2-1-3-11-12(8)9(7-10)4-5-14-11;/h1-3,9-10H,4-7,13H2;1H. The topological polar surface area (TPSA) is 35.2 Å². The van der Waals surface area contributed by atoms with E-state index in [4.69, 9.17) is 10.5 Å². The molecule has 0 radical (unpaired) electrons. The van der Waals surface area contributed by atoms with Gasteiger partial charge in [0, 0.05) is 11.6 Å². The normalized spacial score (nSPS) is 27.3. The van der Waals surface area contributed by atoms with Gasteiger partial charge < -0.3 is 10.5 Å². The van der Waals surface area contributed by atoms with Crippen molar-refractivity contribution >= 4 is 12.4 Å². The average molecular weight is 226 g/mol. The molecule has 2 aliphatic rings. The van der Waals surface area contributed by atoms with Crippen LogP contribution in [0.4, 0.5) is 0 Å². The minimum atomic E-state index is 0. The fraction of sp³-hybridized carbons (Fsp3) is 0.500. The third-order valence-electron chi connectivity index (χ3n) is 3.36. The molecule has 0 spiro atoms. The van der Waals surface area contributed by atoms with Crippen LogP contribution in [0, 0.1) is 0 Å². The minimum absolute atomic E-state index is 0. The molecule has 3 rings (SSSR count). The number of hydrogen-bond acceptors (Lipinski definition) is 2. The first-order valence-corrected chi connectivity index (χ1v) is 5.35. The van der Waals surface area contributed by atoms with Gasteiger partial charge in [-0.1, -0.05) is 12.1 Å². The zero-order chi connectivity index (χ0) is 9.54. The maximum absolute atomic E-state index is 6.05. The lowest BCUT2D eigenvalue weighted by atomic mass is 9.77. The van der Waals surface area contributed by atoms with E-state index in [1.807, 2.05) is 0 Å². The SMILES string of the molecule is Cl.NC1Cc2cccc3c2C(CCO3)C1. The second kappa shape index (κ2) is 4.03. The Hall–Kier alpha value is -0.730.